The Hall–Kier alpha value is 1.28. The highest BCUT2D eigenvalue weighted by molar-refractivity contribution is 8.18. The van der Waals surface area contributed by atoms with Crippen LogP contribution in [0.25, 0.3) is 0 Å². The first-order valence-electron chi connectivity index (χ1n) is 4.64. The molecule has 0 aromatic heterocycles. The molecule has 13 heavy (non-hydrogen) atoms. The summed E-state index contributed by atoms with van der Waals surface area (Å²) >= 11 is 15.4. The third kappa shape index (κ3) is 5.66. The fourth-order valence-electron chi connectivity index (χ4n) is 1.15. The van der Waals surface area contributed by atoms with Crippen molar-refractivity contribution in [2.24, 2.45) is 0 Å². The maximum atomic E-state index is 5.70. The van der Waals surface area contributed by atoms with Gasteiger partial charge in [0.25, 0.3) is 0 Å². The molecule has 0 aliphatic rings. The minimum atomic E-state index is 0.351. The molecule has 0 aliphatic heterocycles. The largest absolute Gasteiger partial charge is 0.143 e. The Bertz CT molecular complexity index is 106. The van der Waals surface area contributed by atoms with Crippen molar-refractivity contribution in [3.63, 3.8) is 0 Å². The van der Waals surface area contributed by atoms with Crippen LogP contribution in [0.15, 0.2) is 0 Å². The van der Waals surface area contributed by atoms with Crippen molar-refractivity contribution in [2.75, 3.05) is 23.3 Å². The van der Waals surface area contributed by atoms with Gasteiger partial charge in [-0.2, -0.15) is 0 Å². The molecule has 0 aromatic carbocycles. The smallest absolute Gasteiger partial charge is 0.0606 e. The molecule has 80 valence electrons. The SMILES string of the molecule is CCC(CC)(SCCCl)SCCCl. The van der Waals surface area contributed by atoms with Crippen molar-refractivity contribution in [3.8, 4) is 0 Å². The molecular formula is C9H18Cl2S2. The van der Waals surface area contributed by atoms with Crippen molar-refractivity contribution < 1.29 is 0 Å². The zero-order chi connectivity index (χ0) is 10.2. The van der Waals surface area contributed by atoms with E-state index in [1.54, 1.807) is 0 Å². The lowest BCUT2D eigenvalue weighted by molar-refractivity contribution is 0.739. The average molecular weight is 261 g/mol. The van der Waals surface area contributed by atoms with Gasteiger partial charge in [0.05, 0.1) is 4.08 Å². The lowest BCUT2D eigenvalue weighted by Crippen LogP contribution is -2.19. The van der Waals surface area contributed by atoms with E-state index in [4.69, 9.17) is 23.2 Å². The first-order chi connectivity index (χ1) is 6.24. The molecule has 0 heterocycles. The number of thioether (sulfide) groups is 2. The number of hydrogen-bond donors (Lipinski definition) is 0. The van der Waals surface area contributed by atoms with Crippen molar-refractivity contribution in [3.05, 3.63) is 0 Å². The van der Waals surface area contributed by atoms with E-state index in [0.717, 1.165) is 23.3 Å². The van der Waals surface area contributed by atoms with Crippen LogP contribution in [0, 0.1) is 0 Å². The summed E-state index contributed by atoms with van der Waals surface area (Å²) in [6.45, 7) is 4.48. The predicted octanol–water partition coefficient (Wildman–Crippen LogP) is 4.45. The third-order valence-electron chi connectivity index (χ3n) is 1.96. The maximum Gasteiger partial charge on any atom is 0.0606 e. The molecular weight excluding hydrogens is 243 g/mol. The van der Waals surface area contributed by atoms with Gasteiger partial charge in [0.15, 0.2) is 0 Å². The van der Waals surface area contributed by atoms with Crippen LogP contribution in [0.5, 0.6) is 0 Å². The van der Waals surface area contributed by atoms with Gasteiger partial charge in [0.1, 0.15) is 0 Å². The van der Waals surface area contributed by atoms with Crippen LogP contribution >= 0.6 is 46.7 Å². The predicted molar refractivity (Wildman–Crippen MR) is 69.7 cm³/mol. The molecule has 0 aromatic rings. The van der Waals surface area contributed by atoms with Crippen molar-refractivity contribution in [1.29, 1.82) is 0 Å². The fourth-order valence-corrected chi connectivity index (χ4v) is 4.16. The monoisotopic (exact) mass is 260 g/mol. The zero-order valence-corrected chi connectivity index (χ0v) is 11.5. The van der Waals surface area contributed by atoms with Crippen molar-refractivity contribution in [2.45, 2.75) is 30.8 Å². The van der Waals surface area contributed by atoms with Gasteiger partial charge in [-0.3, -0.25) is 0 Å². The summed E-state index contributed by atoms with van der Waals surface area (Å²) in [5.41, 5.74) is 0. The summed E-state index contributed by atoms with van der Waals surface area (Å²) in [5.74, 6) is 3.57. The van der Waals surface area contributed by atoms with Gasteiger partial charge in [-0.15, -0.1) is 46.7 Å². The number of halogens is 2. The minimum absolute atomic E-state index is 0.351. The zero-order valence-electron chi connectivity index (χ0n) is 8.32. The van der Waals surface area contributed by atoms with E-state index in [9.17, 15) is 0 Å². The van der Waals surface area contributed by atoms with Crippen molar-refractivity contribution >= 4 is 46.7 Å². The lowest BCUT2D eigenvalue weighted by Gasteiger charge is -2.30. The summed E-state index contributed by atoms with van der Waals surface area (Å²) < 4.78 is 0.351. The van der Waals surface area contributed by atoms with Crippen LogP contribution in [-0.2, 0) is 0 Å². The highest BCUT2D eigenvalue weighted by Gasteiger charge is 2.26. The van der Waals surface area contributed by atoms with E-state index >= 15 is 0 Å². The summed E-state index contributed by atoms with van der Waals surface area (Å²) in [5, 5.41) is 0. The van der Waals surface area contributed by atoms with Gasteiger partial charge in [-0.05, 0) is 12.8 Å². The van der Waals surface area contributed by atoms with Crippen LogP contribution < -0.4 is 0 Å². The van der Waals surface area contributed by atoms with E-state index in [1.165, 1.54) is 12.8 Å². The van der Waals surface area contributed by atoms with Crippen LogP contribution in [0.2, 0.25) is 0 Å². The summed E-state index contributed by atoms with van der Waals surface area (Å²) in [6, 6.07) is 0. The van der Waals surface area contributed by atoms with Gasteiger partial charge in [-0.25, -0.2) is 0 Å². The summed E-state index contributed by atoms with van der Waals surface area (Å²) in [7, 11) is 0. The minimum Gasteiger partial charge on any atom is -0.143 e. The summed E-state index contributed by atoms with van der Waals surface area (Å²) in [6.07, 6.45) is 2.37. The van der Waals surface area contributed by atoms with Gasteiger partial charge in [0.2, 0.25) is 0 Å². The Kier molecular flexibility index (Phi) is 9.42. The Morgan fingerprint density at radius 3 is 1.54 bits per heavy atom. The normalized spacial score (nSPS) is 12.0. The molecule has 0 saturated heterocycles. The van der Waals surface area contributed by atoms with Gasteiger partial charge < -0.3 is 0 Å². The second kappa shape index (κ2) is 8.58. The van der Waals surface area contributed by atoms with E-state index in [2.05, 4.69) is 13.8 Å². The van der Waals surface area contributed by atoms with Crippen LogP contribution in [-0.4, -0.2) is 27.3 Å². The second-order valence-corrected chi connectivity index (χ2v) is 6.66. The molecule has 0 atom stereocenters. The highest BCUT2D eigenvalue weighted by atomic mass is 35.5. The van der Waals surface area contributed by atoms with Gasteiger partial charge in [-0.1, -0.05) is 13.8 Å². The Morgan fingerprint density at radius 1 is 0.923 bits per heavy atom. The molecule has 0 unspecified atom stereocenters. The quantitative estimate of drug-likeness (QED) is 0.468. The molecule has 4 heteroatoms. The van der Waals surface area contributed by atoms with E-state index in [-0.39, 0.29) is 0 Å². The van der Waals surface area contributed by atoms with Crippen LogP contribution in [0.1, 0.15) is 26.7 Å². The van der Waals surface area contributed by atoms with Gasteiger partial charge in [0, 0.05) is 23.3 Å². The molecule has 0 N–H and O–H groups in total. The fraction of sp³-hybridized carbons (Fsp3) is 1.00. The van der Waals surface area contributed by atoms with E-state index < -0.39 is 0 Å². The van der Waals surface area contributed by atoms with Crippen LogP contribution in [0.4, 0.5) is 0 Å². The lowest BCUT2D eigenvalue weighted by atomic mass is 10.2. The van der Waals surface area contributed by atoms with E-state index in [0.29, 0.717) is 4.08 Å². The molecule has 0 rings (SSSR count). The van der Waals surface area contributed by atoms with Gasteiger partial charge >= 0.3 is 0 Å². The molecule has 0 saturated carbocycles. The first kappa shape index (κ1) is 14.3. The molecule has 0 aliphatic carbocycles. The first-order valence-corrected chi connectivity index (χ1v) is 7.68. The Morgan fingerprint density at radius 2 is 1.31 bits per heavy atom. The third-order valence-corrected chi connectivity index (χ3v) is 6.52. The molecule has 0 bridgehead atoms. The van der Waals surface area contributed by atoms with Crippen LogP contribution in [0.3, 0.4) is 0 Å². The molecule has 0 amide bonds. The second-order valence-electron chi connectivity index (χ2n) is 2.69. The number of rotatable bonds is 8. The molecule has 0 spiro atoms. The number of hydrogen-bond acceptors (Lipinski definition) is 2. The maximum absolute atomic E-state index is 5.70. The summed E-state index contributed by atoms with van der Waals surface area (Å²) in [4.78, 5) is 0. The topological polar surface area (TPSA) is 0 Å². The Balaban J connectivity index is 3.97. The highest BCUT2D eigenvalue weighted by Crippen LogP contribution is 2.43. The van der Waals surface area contributed by atoms with Crippen molar-refractivity contribution in [1.82, 2.24) is 0 Å². The molecule has 0 radical (unpaired) electrons. The van der Waals surface area contributed by atoms with E-state index in [1.807, 2.05) is 23.5 Å². The number of alkyl halides is 2. The Labute approximate surface area is 101 Å². The average Bonchev–Trinajstić information content (AvgIpc) is 2.20. The molecule has 0 nitrogen and oxygen atoms in total. The molecule has 0 fully saturated rings. The standard InChI is InChI=1S/C9H18Cl2S2/c1-3-9(4-2,12-7-5-10)13-8-6-11/h3-8H2,1-2H3.